The van der Waals surface area contributed by atoms with Crippen LogP contribution in [-0.4, -0.2) is 52.9 Å². The van der Waals surface area contributed by atoms with Gasteiger partial charge in [0.25, 0.3) is 0 Å². The van der Waals surface area contributed by atoms with E-state index in [-0.39, 0.29) is 32.5 Å². The zero-order valence-corrected chi connectivity index (χ0v) is 24.0. The Bertz CT molecular complexity index is 1170. The molecule has 214 valence electrons. The van der Waals surface area contributed by atoms with Gasteiger partial charge in [-0.15, -0.1) is 11.6 Å². The van der Waals surface area contributed by atoms with Gasteiger partial charge in [-0.25, -0.2) is 22.7 Å². The number of nitrogens with zero attached hydrogens (tertiary/aromatic N) is 6. The topological polar surface area (TPSA) is 128 Å². The van der Waals surface area contributed by atoms with Crippen molar-refractivity contribution in [3.63, 3.8) is 0 Å². The number of halogens is 1. The molecule has 2 aromatic heterocycles. The van der Waals surface area contributed by atoms with Crippen LogP contribution in [0.15, 0.2) is 49.1 Å². The molecule has 40 heavy (non-hydrogen) atoms. The Morgan fingerprint density at radius 2 is 1.27 bits per heavy atom. The van der Waals surface area contributed by atoms with Crippen LogP contribution in [0.2, 0.25) is 0 Å². The molecule has 0 saturated carbocycles. The minimum Gasteiger partial charge on any atom is -0.458 e. The highest BCUT2D eigenvalue weighted by Gasteiger charge is 2.51. The second-order valence-electron chi connectivity index (χ2n) is 7.72. The monoisotopic (exact) mass is 570 g/mol. The molecule has 11 nitrogen and oxygen atoms in total. The van der Waals surface area contributed by atoms with E-state index in [0.29, 0.717) is 0 Å². The van der Waals surface area contributed by atoms with Crippen molar-refractivity contribution in [2.45, 2.75) is 63.7 Å². The van der Waals surface area contributed by atoms with E-state index in [2.05, 4.69) is 9.69 Å². The van der Waals surface area contributed by atoms with Gasteiger partial charge in [0.05, 0.1) is 38.2 Å². The maximum atomic E-state index is 12.0. The van der Waals surface area contributed by atoms with Gasteiger partial charge < -0.3 is 14.2 Å². The molecule has 0 spiro atoms. The maximum absolute atomic E-state index is 12.0. The van der Waals surface area contributed by atoms with E-state index in [4.69, 9.17) is 49.5 Å². The van der Waals surface area contributed by atoms with Gasteiger partial charge in [0.1, 0.15) is 5.38 Å². The zero-order chi connectivity index (χ0) is 30.4. The quantitative estimate of drug-likeness (QED) is 0.197. The number of ether oxygens (including phenoxy) is 3. The molecule has 0 radical (unpaired) electrons. The van der Waals surface area contributed by atoms with Gasteiger partial charge in [0.15, 0.2) is 0 Å². The third-order valence-corrected chi connectivity index (χ3v) is 5.49. The smallest absolute Gasteiger partial charge is 0.417 e. The lowest BCUT2D eigenvalue weighted by Crippen LogP contribution is -2.41. The highest BCUT2D eigenvalue weighted by Crippen LogP contribution is 2.29. The molecule has 0 aliphatic heterocycles. The molecule has 0 aliphatic rings. The van der Waals surface area contributed by atoms with Crippen LogP contribution in [0.1, 0.15) is 47.0 Å². The van der Waals surface area contributed by atoms with E-state index < -0.39 is 28.6 Å². The SMILES string of the molecule is CCOCC.[C-]#[N+]C(CC(Cl)C#N)(C(=O)OCC)n1cccc1.[C-]#[N+]C(CCC#N)(C(=O)OCC)n1cccc1. The van der Waals surface area contributed by atoms with Gasteiger partial charge in [-0.05, 0) is 52.0 Å². The molecule has 0 saturated heterocycles. The molecule has 2 rings (SSSR count). The van der Waals surface area contributed by atoms with E-state index in [1.165, 1.54) is 9.13 Å². The summed E-state index contributed by atoms with van der Waals surface area (Å²) in [7, 11) is 0. The molecular weight excluding hydrogens is 536 g/mol. The summed E-state index contributed by atoms with van der Waals surface area (Å²) in [5.41, 5.74) is -3.06. The molecular formula is C28H35ClN6O5. The summed E-state index contributed by atoms with van der Waals surface area (Å²) in [5, 5.41) is 16.4. The van der Waals surface area contributed by atoms with Gasteiger partial charge in [-0.2, -0.15) is 10.5 Å². The lowest BCUT2D eigenvalue weighted by Gasteiger charge is -2.21. The second-order valence-corrected chi connectivity index (χ2v) is 8.25. The molecule has 0 fully saturated rings. The van der Waals surface area contributed by atoms with Crippen LogP contribution in [-0.2, 0) is 35.1 Å². The fraction of sp³-hybridized carbons (Fsp3) is 0.500. The average molecular weight is 571 g/mol. The standard InChI is InChI=1S/C12H12ClN3O2.C12H13N3O2.C4H10O/c1-3-18-11(17)12(15-2,8-10(13)9-14)16-6-4-5-7-16;1-3-17-11(16)12(14-2,7-6-8-13)15-9-4-5-10-15;1-3-5-4-2/h4-7,10H,3,8H2,1H3;4-5,9-10H,3,6-7H2,1H3;3-4H2,1-2H3. The van der Waals surface area contributed by atoms with E-state index in [9.17, 15) is 9.59 Å². The van der Waals surface area contributed by atoms with Crippen molar-refractivity contribution in [3.8, 4) is 12.1 Å². The first-order chi connectivity index (χ1) is 19.2. The van der Waals surface area contributed by atoms with Crippen molar-refractivity contribution in [2.24, 2.45) is 0 Å². The van der Waals surface area contributed by atoms with Crippen molar-refractivity contribution in [1.29, 1.82) is 10.5 Å². The molecule has 0 aliphatic carbocycles. The summed E-state index contributed by atoms with van der Waals surface area (Å²) >= 11 is 5.76. The predicted molar refractivity (Wildman–Crippen MR) is 148 cm³/mol. The number of carbonyl (C=O) groups excluding carboxylic acids is 2. The average Bonchev–Trinajstić information content (AvgIpc) is 3.70. The predicted octanol–water partition coefficient (Wildman–Crippen LogP) is 5.11. The Morgan fingerprint density at radius 3 is 1.60 bits per heavy atom. The third-order valence-electron chi connectivity index (χ3n) is 5.24. The molecule has 0 amide bonds. The Kier molecular flexibility index (Phi) is 17.6. The van der Waals surface area contributed by atoms with Crippen LogP contribution in [0, 0.1) is 35.8 Å². The first-order valence-corrected chi connectivity index (χ1v) is 13.0. The number of esters is 2. The van der Waals surface area contributed by atoms with Gasteiger partial charge in [-0.3, -0.25) is 18.8 Å². The van der Waals surface area contributed by atoms with Crippen LogP contribution < -0.4 is 0 Å². The fourth-order valence-electron chi connectivity index (χ4n) is 3.32. The van der Waals surface area contributed by atoms with Crippen molar-refractivity contribution >= 4 is 23.5 Å². The van der Waals surface area contributed by atoms with Gasteiger partial charge >= 0.3 is 23.3 Å². The largest absolute Gasteiger partial charge is 0.458 e. The number of carbonyl (C=O) groups is 2. The summed E-state index contributed by atoms with van der Waals surface area (Å²) < 4.78 is 17.6. The van der Waals surface area contributed by atoms with E-state index in [1.807, 2.05) is 26.0 Å². The third kappa shape index (κ3) is 10.1. The summed E-state index contributed by atoms with van der Waals surface area (Å²) in [4.78, 5) is 30.7. The van der Waals surface area contributed by atoms with Crippen LogP contribution in [0.4, 0.5) is 0 Å². The summed E-state index contributed by atoms with van der Waals surface area (Å²) in [6.45, 7) is 23.9. The molecule has 0 aromatic carbocycles. The van der Waals surface area contributed by atoms with Crippen LogP contribution >= 0.6 is 11.6 Å². The number of hydrogen-bond acceptors (Lipinski definition) is 7. The fourth-order valence-corrected chi connectivity index (χ4v) is 3.54. The van der Waals surface area contributed by atoms with Crippen LogP contribution in [0.5, 0.6) is 0 Å². The molecule has 0 N–H and O–H groups in total. The molecule has 0 bridgehead atoms. The molecule has 2 heterocycles. The van der Waals surface area contributed by atoms with Crippen molar-refractivity contribution in [3.05, 3.63) is 71.9 Å². The van der Waals surface area contributed by atoms with Crippen LogP contribution in [0.3, 0.4) is 0 Å². The van der Waals surface area contributed by atoms with E-state index in [1.54, 1.807) is 62.9 Å². The number of rotatable bonds is 12. The van der Waals surface area contributed by atoms with Crippen molar-refractivity contribution in [1.82, 2.24) is 9.13 Å². The van der Waals surface area contributed by atoms with Crippen LogP contribution in [0.25, 0.3) is 9.69 Å². The number of nitriles is 2. The summed E-state index contributed by atoms with van der Waals surface area (Å²) in [6.07, 6.45) is 6.55. The lowest BCUT2D eigenvalue weighted by molar-refractivity contribution is -0.152. The van der Waals surface area contributed by atoms with E-state index in [0.717, 1.165) is 13.2 Å². The first kappa shape index (κ1) is 35.7. The Balaban J connectivity index is 0.000000652. The van der Waals surface area contributed by atoms with Crippen molar-refractivity contribution < 1.29 is 23.8 Å². The Hall–Kier alpha value is -4.29. The Morgan fingerprint density at radius 1 is 0.850 bits per heavy atom. The number of alkyl halides is 1. The first-order valence-electron chi connectivity index (χ1n) is 12.6. The lowest BCUT2D eigenvalue weighted by atomic mass is 10.0. The molecule has 12 heteroatoms. The second kappa shape index (κ2) is 19.7. The van der Waals surface area contributed by atoms with Crippen molar-refractivity contribution in [2.75, 3.05) is 26.4 Å². The zero-order valence-electron chi connectivity index (χ0n) is 23.2. The summed E-state index contributed by atoms with van der Waals surface area (Å²) in [6, 6.07) is 10.6. The van der Waals surface area contributed by atoms with Gasteiger partial charge in [0.2, 0.25) is 0 Å². The van der Waals surface area contributed by atoms with E-state index >= 15 is 0 Å². The Labute approximate surface area is 241 Å². The number of hydrogen-bond donors (Lipinski definition) is 0. The minimum absolute atomic E-state index is 0.123. The summed E-state index contributed by atoms with van der Waals surface area (Å²) in [5.74, 6) is -1.31. The minimum atomic E-state index is -1.61. The highest BCUT2D eigenvalue weighted by atomic mass is 35.5. The normalized spacial score (nSPS) is 13.3. The molecule has 3 atom stereocenters. The van der Waals surface area contributed by atoms with Gasteiger partial charge in [0, 0.05) is 44.4 Å². The van der Waals surface area contributed by atoms with Gasteiger partial charge in [-0.1, -0.05) is 0 Å². The number of aromatic nitrogens is 2. The maximum Gasteiger partial charge on any atom is 0.417 e. The molecule has 3 unspecified atom stereocenters. The molecule has 2 aromatic rings. The highest BCUT2D eigenvalue weighted by molar-refractivity contribution is 6.22.